The normalized spacial score (nSPS) is 11.4. The van der Waals surface area contributed by atoms with Gasteiger partial charge in [0, 0.05) is 18.0 Å². The largest absolute Gasteiger partial charge is 0.237 e. The molecule has 2 heteroatoms. The van der Waals surface area contributed by atoms with Gasteiger partial charge in [-0.25, -0.2) is 9.97 Å². The Kier molecular flexibility index (Phi) is 2.73. The standard InChI is InChI=1S/C14H16N2/c1-14(2,3)12-8-5-4-7-11(12)13-15-9-6-10-16-13/h4-10H,1-3H3. The van der Waals surface area contributed by atoms with Gasteiger partial charge in [0.1, 0.15) is 0 Å². The summed E-state index contributed by atoms with van der Waals surface area (Å²) in [7, 11) is 0. The third-order valence-electron chi connectivity index (χ3n) is 2.54. The molecule has 0 aliphatic carbocycles. The zero-order chi connectivity index (χ0) is 11.6. The molecule has 2 aromatic rings. The molecule has 16 heavy (non-hydrogen) atoms. The molecule has 2 rings (SSSR count). The summed E-state index contributed by atoms with van der Waals surface area (Å²) in [6, 6.07) is 10.2. The van der Waals surface area contributed by atoms with Gasteiger partial charge in [-0.1, -0.05) is 45.0 Å². The topological polar surface area (TPSA) is 25.8 Å². The first-order chi connectivity index (χ1) is 7.59. The van der Waals surface area contributed by atoms with Crippen molar-refractivity contribution in [2.45, 2.75) is 26.2 Å². The van der Waals surface area contributed by atoms with Gasteiger partial charge in [-0.2, -0.15) is 0 Å². The summed E-state index contributed by atoms with van der Waals surface area (Å²) < 4.78 is 0. The number of hydrogen-bond donors (Lipinski definition) is 0. The fourth-order valence-electron chi connectivity index (χ4n) is 1.77. The van der Waals surface area contributed by atoms with Crippen molar-refractivity contribution in [1.82, 2.24) is 9.97 Å². The van der Waals surface area contributed by atoms with Crippen molar-refractivity contribution in [3.8, 4) is 11.4 Å². The molecule has 0 fully saturated rings. The molecule has 0 atom stereocenters. The van der Waals surface area contributed by atoms with E-state index in [0.29, 0.717) is 0 Å². The predicted molar refractivity (Wildman–Crippen MR) is 66.2 cm³/mol. The molecule has 1 aromatic heterocycles. The first-order valence-corrected chi connectivity index (χ1v) is 5.46. The van der Waals surface area contributed by atoms with Gasteiger partial charge in [-0.15, -0.1) is 0 Å². The van der Waals surface area contributed by atoms with Crippen molar-refractivity contribution < 1.29 is 0 Å². The van der Waals surface area contributed by atoms with Gasteiger partial charge in [0.15, 0.2) is 5.82 Å². The van der Waals surface area contributed by atoms with Crippen molar-refractivity contribution in [3.05, 3.63) is 48.3 Å². The molecule has 0 saturated carbocycles. The zero-order valence-electron chi connectivity index (χ0n) is 9.94. The van der Waals surface area contributed by atoms with Crippen LogP contribution in [0.25, 0.3) is 11.4 Å². The van der Waals surface area contributed by atoms with Crippen molar-refractivity contribution in [1.29, 1.82) is 0 Å². The van der Waals surface area contributed by atoms with E-state index in [1.165, 1.54) is 5.56 Å². The van der Waals surface area contributed by atoms with Crippen LogP contribution in [0.5, 0.6) is 0 Å². The molecule has 1 heterocycles. The highest BCUT2D eigenvalue weighted by Crippen LogP contribution is 2.30. The second-order valence-corrected chi connectivity index (χ2v) is 4.87. The van der Waals surface area contributed by atoms with Gasteiger partial charge in [0.2, 0.25) is 0 Å². The van der Waals surface area contributed by atoms with Crippen LogP contribution in [-0.2, 0) is 5.41 Å². The fourth-order valence-corrected chi connectivity index (χ4v) is 1.77. The first-order valence-electron chi connectivity index (χ1n) is 5.46. The molecular formula is C14H16N2. The van der Waals surface area contributed by atoms with Crippen LogP contribution in [0, 0.1) is 0 Å². The summed E-state index contributed by atoms with van der Waals surface area (Å²) in [6.45, 7) is 6.61. The van der Waals surface area contributed by atoms with Crippen LogP contribution in [0.4, 0.5) is 0 Å². The average Bonchev–Trinajstić information content (AvgIpc) is 2.29. The lowest BCUT2D eigenvalue weighted by molar-refractivity contribution is 0.591. The van der Waals surface area contributed by atoms with E-state index in [2.05, 4.69) is 48.9 Å². The lowest BCUT2D eigenvalue weighted by Gasteiger charge is -2.22. The highest BCUT2D eigenvalue weighted by atomic mass is 14.9. The Labute approximate surface area is 96.4 Å². The third kappa shape index (κ3) is 2.11. The maximum absolute atomic E-state index is 4.31. The minimum Gasteiger partial charge on any atom is -0.237 e. The van der Waals surface area contributed by atoms with Crippen molar-refractivity contribution in [2.24, 2.45) is 0 Å². The quantitative estimate of drug-likeness (QED) is 0.723. The van der Waals surface area contributed by atoms with Crippen LogP contribution < -0.4 is 0 Å². The maximum atomic E-state index is 4.31. The monoisotopic (exact) mass is 212 g/mol. The molecular weight excluding hydrogens is 196 g/mol. The van der Waals surface area contributed by atoms with E-state index in [9.17, 15) is 0 Å². The van der Waals surface area contributed by atoms with E-state index in [0.717, 1.165) is 11.4 Å². The van der Waals surface area contributed by atoms with Crippen molar-refractivity contribution in [3.63, 3.8) is 0 Å². The number of benzene rings is 1. The summed E-state index contributed by atoms with van der Waals surface area (Å²) in [6.07, 6.45) is 3.56. The minimum absolute atomic E-state index is 0.107. The van der Waals surface area contributed by atoms with Gasteiger partial charge in [0.05, 0.1) is 0 Å². The number of hydrogen-bond acceptors (Lipinski definition) is 2. The number of rotatable bonds is 1. The van der Waals surface area contributed by atoms with Crippen LogP contribution in [0.15, 0.2) is 42.7 Å². The Bertz CT molecular complexity index is 470. The van der Waals surface area contributed by atoms with Gasteiger partial charge < -0.3 is 0 Å². The average molecular weight is 212 g/mol. The summed E-state index contributed by atoms with van der Waals surface area (Å²) in [4.78, 5) is 8.62. The molecule has 1 aromatic carbocycles. The SMILES string of the molecule is CC(C)(C)c1ccccc1-c1ncccn1. The Morgan fingerprint density at radius 1 is 0.875 bits per heavy atom. The summed E-state index contributed by atoms with van der Waals surface area (Å²) >= 11 is 0. The van der Waals surface area contributed by atoms with Crippen molar-refractivity contribution in [2.75, 3.05) is 0 Å². The molecule has 0 spiro atoms. The molecule has 0 aliphatic rings. The van der Waals surface area contributed by atoms with Crippen LogP contribution in [0.2, 0.25) is 0 Å². The summed E-state index contributed by atoms with van der Waals surface area (Å²) in [5.41, 5.74) is 2.51. The smallest absolute Gasteiger partial charge is 0.159 e. The molecule has 0 unspecified atom stereocenters. The Hall–Kier alpha value is -1.70. The molecule has 0 N–H and O–H groups in total. The highest BCUT2D eigenvalue weighted by molar-refractivity contribution is 5.61. The van der Waals surface area contributed by atoms with E-state index in [1.807, 2.05) is 12.1 Å². The Balaban J connectivity index is 2.58. The molecule has 0 saturated heterocycles. The summed E-state index contributed by atoms with van der Waals surface area (Å²) in [5, 5.41) is 0. The molecule has 0 radical (unpaired) electrons. The van der Waals surface area contributed by atoms with Crippen LogP contribution in [0.1, 0.15) is 26.3 Å². The van der Waals surface area contributed by atoms with Gasteiger partial charge in [0.25, 0.3) is 0 Å². The number of aromatic nitrogens is 2. The van der Waals surface area contributed by atoms with Gasteiger partial charge >= 0.3 is 0 Å². The fraction of sp³-hybridized carbons (Fsp3) is 0.286. The van der Waals surface area contributed by atoms with Gasteiger partial charge in [-0.3, -0.25) is 0 Å². The first kappa shape index (κ1) is 10.8. The Morgan fingerprint density at radius 2 is 1.50 bits per heavy atom. The molecule has 0 bridgehead atoms. The van der Waals surface area contributed by atoms with Crippen LogP contribution >= 0.6 is 0 Å². The maximum Gasteiger partial charge on any atom is 0.159 e. The predicted octanol–water partition coefficient (Wildman–Crippen LogP) is 3.44. The van der Waals surface area contributed by atoms with E-state index in [4.69, 9.17) is 0 Å². The Morgan fingerprint density at radius 3 is 2.12 bits per heavy atom. The number of nitrogens with zero attached hydrogens (tertiary/aromatic N) is 2. The minimum atomic E-state index is 0.107. The zero-order valence-corrected chi connectivity index (χ0v) is 9.94. The molecule has 0 aliphatic heterocycles. The van der Waals surface area contributed by atoms with Gasteiger partial charge in [-0.05, 0) is 17.0 Å². The molecule has 2 nitrogen and oxygen atoms in total. The highest BCUT2D eigenvalue weighted by Gasteiger charge is 2.18. The lowest BCUT2D eigenvalue weighted by atomic mass is 9.83. The van der Waals surface area contributed by atoms with Crippen LogP contribution in [0.3, 0.4) is 0 Å². The van der Waals surface area contributed by atoms with E-state index >= 15 is 0 Å². The molecule has 0 amide bonds. The van der Waals surface area contributed by atoms with E-state index in [-0.39, 0.29) is 5.41 Å². The lowest BCUT2D eigenvalue weighted by Crippen LogP contribution is -2.13. The van der Waals surface area contributed by atoms with Crippen LogP contribution in [-0.4, -0.2) is 9.97 Å². The summed E-state index contributed by atoms with van der Waals surface area (Å²) in [5.74, 6) is 0.799. The van der Waals surface area contributed by atoms with E-state index in [1.54, 1.807) is 12.4 Å². The van der Waals surface area contributed by atoms with Crippen molar-refractivity contribution >= 4 is 0 Å². The van der Waals surface area contributed by atoms with E-state index < -0.39 is 0 Å². The molecule has 82 valence electrons. The third-order valence-corrected chi connectivity index (χ3v) is 2.54. The second-order valence-electron chi connectivity index (χ2n) is 4.87. The second kappa shape index (κ2) is 4.05.